The van der Waals surface area contributed by atoms with Crippen LogP contribution in [0, 0.1) is 0 Å². The van der Waals surface area contributed by atoms with E-state index in [0.717, 1.165) is 33.3 Å². The minimum Gasteiger partial charge on any atom is -0.454 e. The number of nitrogens with zero attached hydrogens (tertiary/aromatic N) is 2. The van der Waals surface area contributed by atoms with Gasteiger partial charge in [-0.2, -0.15) is 0 Å². The van der Waals surface area contributed by atoms with E-state index in [2.05, 4.69) is 166 Å². The normalized spacial score (nSPS) is 14.1. The van der Waals surface area contributed by atoms with Crippen LogP contribution in [0.4, 0.5) is 17.1 Å². The molecule has 4 aromatic heterocycles. The predicted octanol–water partition coefficient (Wildman–Crippen LogP) is 13.0. The lowest BCUT2D eigenvalue weighted by Crippen LogP contribution is -2.36. The van der Waals surface area contributed by atoms with Gasteiger partial charge >= 0.3 is 0 Å². The highest BCUT2D eigenvalue weighted by molar-refractivity contribution is 7.21. The first-order chi connectivity index (χ1) is 24.8. The first kappa shape index (κ1) is 27.0. The van der Waals surface area contributed by atoms with Gasteiger partial charge in [-0.3, -0.25) is 0 Å². The number of anilines is 3. The van der Waals surface area contributed by atoms with Crippen LogP contribution in [0.5, 0.6) is 0 Å². The average Bonchev–Trinajstić information content (AvgIpc) is 3.99. The van der Waals surface area contributed by atoms with Crippen molar-refractivity contribution in [2.45, 2.75) is 5.41 Å². The number of furan rings is 1. The molecular weight excluding hydrogens is 649 g/mol. The molecule has 0 amide bonds. The van der Waals surface area contributed by atoms with Gasteiger partial charge in [0, 0.05) is 37.0 Å². The average molecular weight is 675 g/mol. The van der Waals surface area contributed by atoms with Gasteiger partial charge in [0.2, 0.25) is 0 Å². The molecule has 6 aromatic carbocycles. The molecular formula is C45H26N2OS2. The second-order valence-electron chi connectivity index (χ2n) is 13.3. The third kappa shape index (κ3) is 3.20. The molecule has 10 aromatic rings. The molecule has 234 valence electrons. The molecule has 5 heterocycles. The van der Waals surface area contributed by atoms with Crippen molar-refractivity contribution < 1.29 is 4.42 Å². The molecule has 0 atom stereocenters. The molecule has 50 heavy (non-hydrogen) atoms. The SMILES string of the molecule is c1ccc(-n2c3ccccc3c3cc4c(cc32)N(c2cccc3c2oc2ccccc23)c2ccccc2C42c3ccsc3-c3sccc32)cc1. The first-order valence-corrected chi connectivity index (χ1v) is 18.7. The fraction of sp³-hybridized carbons (Fsp3) is 0.0222. The standard InChI is InChI=1S/C45H26N2OS2/c1-2-11-27(12-3-1)46-36-17-7-4-13-28(36)31-25-35-40(26-39(31)46)47(38-19-10-15-30-29-14-5-9-20-41(29)48-42(30)38)37-18-8-6-16-32(37)45(35)33-21-23-49-43(33)44-34(45)22-24-50-44/h1-26H. The highest BCUT2D eigenvalue weighted by Crippen LogP contribution is 2.66. The second kappa shape index (κ2) is 9.63. The van der Waals surface area contributed by atoms with Crippen LogP contribution in [-0.2, 0) is 5.41 Å². The Morgan fingerprint density at radius 1 is 0.460 bits per heavy atom. The van der Waals surface area contributed by atoms with E-state index in [-0.39, 0.29) is 0 Å². The molecule has 0 unspecified atom stereocenters. The summed E-state index contributed by atoms with van der Waals surface area (Å²) in [6.45, 7) is 0. The predicted molar refractivity (Wildman–Crippen MR) is 209 cm³/mol. The van der Waals surface area contributed by atoms with Gasteiger partial charge in [-0.05, 0) is 93.7 Å². The minimum atomic E-state index is -0.459. The van der Waals surface area contributed by atoms with Crippen molar-refractivity contribution in [1.82, 2.24) is 4.57 Å². The maximum absolute atomic E-state index is 6.76. The maximum Gasteiger partial charge on any atom is 0.159 e. The van der Waals surface area contributed by atoms with Gasteiger partial charge in [-0.15, -0.1) is 22.7 Å². The molecule has 0 saturated heterocycles. The lowest BCUT2D eigenvalue weighted by atomic mass is 9.65. The first-order valence-electron chi connectivity index (χ1n) is 16.9. The van der Waals surface area contributed by atoms with Crippen LogP contribution >= 0.6 is 22.7 Å². The van der Waals surface area contributed by atoms with E-state index in [0.29, 0.717) is 0 Å². The zero-order chi connectivity index (χ0) is 32.6. The van der Waals surface area contributed by atoms with E-state index >= 15 is 0 Å². The van der Waals surface area contributed by atoms with E-state index < -0.39 is 5.41 Å². The summed E-state index contributed by atoms with van der Waals surface area (Å²) >= 11 is 3.73. The Morgan fingerprint density at radius 2 is 1.14 bits per heavy atom. The summed E-state index contributed by atoms with van der Waals surface area (Å²) in [4.78, 5) is 5.24. The summed E-state index contributed by atoms with van der Waals surface area (Å²) < 4.78 is 9.19. The summed E-state index contributed by atoms with van der Waals surface area (Å²) in [7, 11) is 0. The van der Waals surface area contributed by atoms with E-state index in [1.807, 2.05) is 22.7 Å². The maximum atomic E-state index is 6.76. The number of hydrogen-bond donors (Lipinski definition) is 0. The zero-order valence-corrected chi connectivity index (χ0v) is 28.3. The van der Waals surface area contributed by atoms with Gasteiger partial charge in [0.25, 0.3) is 0 Å². The zero-order valence-electron chi connectivity index (χ0n) is 26.6. The number of benzene rings is 6. The van der Waals surface area contributed by atoms with Gasteiger partial charge in [-0.25, -0.2) is 0 Å². The lowest BCUT2D eigenvalue weighted by molar-refractivity contribution is 0.668. The Balaban J connectivity index is 1.29. The Bertz CT molecular complexity index is 2970. The third-order valence-electron chi connectivity index (χ3n) is 11.0. The molecule has 2 aliphatic rings. The molecule has 1 spiro atoms. The molecule has 0 radical (unpaired) electrons. The van der Waals surface area contributed by atoms with Crippen LogP contribution < -0.4 is 4.90 Å². The van der Waals surface area contributed by atoms with Crippen LogP contribution in [0.1, 0.15) is 22.3 Å². The molecule has 5 heteroatoms. The Morgan fingerprint density at radius 3 is 1.98 bits per heavy atom. The molecule has 0 fully saturated rings. The summed E-state index contributed by atoms with van der Waals surface area (Å²) in [6.07, 6.45) is 0. The number of thiophene rings is 2. The van der Waals surface area contributed by atoms with E-state index in [9.17, 15) is 0 Å². The van der Waals surface area contributed by atoms with Gasteiger partial charge in [0.05, 0.1) is 33.5 Å². The molecule has 0 bridgehead atoms. The monoisotopic (exact) mass is 674 g/mol. The number of hydrogen-bond acceptors (Lipinski definition) is 4. The highest BCUT2D eigenvalue weighted by atomic mass is 32.1. The molecule has 0 saturated carbocycles. The largest absolute Gasteiger partial charge is 0.454 e. The van der Waals surface area contributed by atoms with E-state index in [1.165, 1.54) is 65.2 Å². The Kier molecular flexibility index (Phi) is 5.20. The van der Waals surface area contributed by atoms with Crippen molar-refractivity contribution >= 4 is 83.5 Å². The summed E-state index contributed by atoms with van der Waals surface area (Å²) in [6, 6.07) is 53.3. The Hall–Kier alpha value is -5.88. The van der Waals surface area contributed by atoms with Crippen molar-refractivity contribution in [1.29, 1.82) is 0 Å². The van der Waals surface area contributed by atoms with Crippen molar-refractivity contribution in [2.75, 3.05) is 4.90 Å². The molecule has 12 rings (SSSR count). The molecule has 1 aliphatic carbocycles. The van der Waals surface area contributed by atoms with Crippen LogP contribution in [0.3, 0.4) is 0 Å². The van der Waals surface area contributed by atoms with Crippen molar-refractivity contribution in [3.05, 3.63) is 179 Å². The lowest BCUT2D eigenvalue weighted by Gasteiger charge is -2.44. The van der Waals surface area contributed by atoms with Gasteiger partial charge in [0.15, 0.2) is 5.58 Å². The smallest absolute Gasteiger partial charge is 0.159 e. The molecule has 0 N–H and O–H groups in total. The molecule has 1 aliphatic heterocycles. The fourth-order valence-corrected chi connectivity index (χ4v) is 11.2. The topological polar surface area (TPSA) is 21.3 Å². The van der Waals surface area contributed by atoms with Crippen LogP contribution in [-0.4, -0.2) is 4.57 Å². The summed E-state index contributed by atoms with van der Waals surface area (Å²) in [5, 5.41) is 9.32. The number of para-hydroxylation sites is 5. The molecule has 3 nitrogen and oxygen atoms in total. The number of fused-ring (bicyclic) bond motifs is 15. The quantitative estimate of drug-likeness (QED) is 0.182. The summed E-state index contributed by atoms with van der Waals surface area (Å²) in [5.74, 6) is 0. The minimum absolute atomic E-state index is 0.459. The number of aromatic nitrogens is 1. The fourth-order valence-electron chi connectivity index (χ4n) is 9.06. The van der Waals surface area contributed by atoms with Crippen molar-refractivity contribution in [3.63, 3.8) is 0 Å². The van der Waals surface area contributed by atoms with Crippen LogP contribution in [0.2, 0.25) is 0 Å². The van der Waals surface area contributed by atoms with Gasteiger partial charge in [-0.1, -0.05) is 84.9 Å². The van der Waals surface area contributed by atoms with Crippen LogP contribution in [0.15, 0.2) is 161 Å². The van der Waals surface area contributed by atoms with Gasteiger partial charge < -0.3 is 13.9 Å². The summed E-state index contributed by atoms with van der Waals surface area (Å²) in [5.41, 5.74) is 13.6. The van der Waals surface area contributed by atoms with Crippen molar-refractivity contribution in [2.24, 2.45) is 0 Å². The van der Waals surface area contributed by atoms with Gasteiger partial charge in [0.1, 0.15) is 5.58 Å². The number of rotatable bonds is 2. The van der Waals surface area contributed by atoms with Crippen molar-refractivity contribution in [3.8, 4) is 15.4 Å². The van der Waals surface area contributed by atoms with E-state index in [1.54, 1.807) is 0 Å². The van der Waals surface area contributed by atoms with Crippen LogP contribution in [0.25, 0.3) is 59.2 Å². The Labute approximate surface area is 295 Å². The van der Waals surface area contributed by atoms with E-state index in [4.69, 9.17) is 4.42 Å². The third-order valence-corrected chi connectivity index (χ3v) is 13.0. The second-order valence-corrected chi connectivity index (χ2v) is 15.1. The highest BCUT2D eigenvalue weighted by Gasteiger charge is 2.53.